The zero-order valence-corrected chi connectivity index (χ0v) is 18.4. The smallest absolute Gasteiger partial charge is 0.244 e. The van der Waals surface area contributed by atoms with Crippen LogP contribution < -0.4 is 10.0 Å². The Morgan fingerprint density at radius 3 is 2.72 bits per heavy atom. The van der Waals surface area contributed by atoms with E-state index in [0.717, 1.165) is 17.0 Å². The van der Waals surface area contributed by atoms with E-state index >= 15 is 0 Å². The van der Waals surface area contributed by atoms with Gasteiger partial charge < -0.3 is 15.0 Å². The van der Waals surface area contributed by atoms with Gasteiger partial charge in [0.2, 0.25) is 15.9 Å². The van der Waals surface area contributed by atoms with Crippen LogP contribution in [0.2, 0.25) is 5.02 Å². The van der Waals surface area contributed by atoms with Crippen LogP contribution in [0, 0.1) is 0 Å². The van der Waals surface area contributed by atoms with Gasteiger partial charge in [-0.25, -0.2) is 13.1 Å². The van der Waals surface area contributed by atoms with E-state index < -0.39 is 15.8 Å². The Hall–Kier alpha value is -2.07. The molecule has 0 bridgehead atoms. The van der Waals surface area contributed by atoms with Crippen molar-refractivity contribution in [3.05, 3.63) is 58.2 Å². The van der Waals surface area contributed by atoms with Crippen LogP contribution in [0.1, 0.15) is 6.42 Å². The highest BCUT2D eigenvalue weighted by Gasteiger charge is 2.21. The number of amides is 1. The number of aromatic nitrogens is 1. The van der Waals surface area contributed by atoms with Crippen LogP contribution >= 0.6 is 27.5 Å². The second-order valence-electron chi connectivity index (χ2n) is 6.30. The predicted molar refractivity (Wildman–Crippen MR) is 116 cm³/mol. The molecule has 3 N–H and O–H groups in total. The lowest BCUT2D eigenvalue weighted by Gasteiger charge is -2.11. The van der Waals surface area contributed by atoms with E-state index in [0.29, 0.717) is 6.54 Å². The van der Waals surface area contributed by atoms with Crippen LogP contribution in [0.5, 0.6) is 5.75 Å². The Balaban J connectivity index is 1.48. The number of halogens is 2. The molecule has 2 aromatic carbocycles. The minimum absolute atomic E-state index is 0.0237. The average Bonchev–Trinajstić information content (AvgIpc) is 3.09. The molecule has 0 radical (unpaired) electrons. The summed E-state index contributed by atoms with van der Waals surface area (Å²) in [5, 5.41) is 13.9. The highest BCUT2D eigenvalue weighted by molar-refractivity contribution is 9.10. The maximum atomic E-state index is 12.3. The summed E-state index contributed by atoms with van der Waals surface area (Å²) in [6, 6.07) is 12.4. The Morgan fingerprint density at radius 2 is 1.93 bits per heavy atom. The molecule has 10 heteroatoms. The lowest BCUT2D eigenvalue weighted by molar-refractivity contribution is -0.121. The topological polar surface area (TPSA) is 100 Å². The zero-order valence-electron chi connectivity index (χ0n) is 15.2. The summed E-state index contributed by atoms with van der Waals surface area (Å²) in [5.41, 5.74) is 1.06. The standard InChI is InChI=1S/C19H19BrClN3O4S/c20-15-11-14(21)12-17(19(15)26)29(27,28)23-8-7-22-18(25)6-10-24-9-5-13-3-1-2-4-16(13)24/h1-5,9,11-12,23,26H,6-8,10H2,(H,22,25). The first-order valence-corrected chi connectivity index (χ1v) is 11.4. The molecule has 0 atom stereocenters. The first kappa shape index (κ1) is 21.6. The molecule has 7 nitrogen and oxygen atoms in total. The molecule has 0 spiro atoms. The van der Waals surface area contributed by atoms with Crippen LogP contribution in [0.15, 0.2) is 58.0 Å². The fourth-order valence-electron chi connectivity index (χ4n) is 2.86. The number of phenols is 1. The third-order valence-corrected chi connectivity index (χ3v) is 6.58. The summed E-state index contributed by atoms with van der Waals surface area (Å²) < 4.78 is 29.2. The molecule has 3 aromatic rings. The van der Waals surface area contributed by atoms with Crippen LogP contribution in [-0.4, -0.2) is 37.1 Å². The molecule has 29 heavy (non-hydrogen) atoms. The Labute approximate surface area is 181 Å². The van der Waals surface area contributed by atoms with Gasteiger partial charge in [-0.1, -0.05) is 29.8 Å². The molecule has 0 aliphatic heterocycles. The summed E-state index contributed by atoms with van der Waals surface area (Å²) in [6.07, 6.45) is 2.20. The number of hydrogen-bond donors (Lipinski definition) is 3. The van der Waals surface area contributed by atoms with E-state index in [2.05, 4.69) is 26.0 Å². The van der Waals surface area contributed by atoms with Crippen LogP contribution in [0.4, 0.5) is 0 Å². The molecule has 0 unspecified atom stereocenters. The number of aromatic hydroxyl groups is 1. The van der Waals surface area contributed by atoms with Gasteiger partial charge in [-0.3, -0.25) is 4.79 Å². The number of fused-ring (bicyclic) bond motifs is 1. The largest absolute Gasteiger partial charge is 0.505 e. The van der Waals surface area contributed by atoms with Crippen molar-refractivity contribution in [3.63, 3.8) is 0 Å². The number of aryl methyl sites for hydroxylation is 1. The first-order valence-electron chi connectivity index (χ1n) is 8.76. The molecule has 0 saturated carbocycles. The van der Waals surface area contributed by atoms with Gasteiger partial charge in [0.05, 0.1) is 4.47 Å². The van der Waals surface area contributed by atoms with E-state index in [4.69, 9.17) is 11.6 Å². The molecule has 3 rings (SSSR count). The number of nitrogens with one attached hydrogen (secondary N) is 2. The molecule has 1 aromatic heterocycles. The highest BCUT2D eigenvalue weighted by Crippen LogP contribution is 2.34. The van der Waals surface area contributed by atoms with Crippen molar-refractivity contribution in [2.24, 2.45) is 0 Å². The molecular formula is C19H19BrClN3O4S. The minimum atomic E-state index is -3.98. The molecule has 0 aliphatic rings. The second kappa shape index (κ2) is 9.17. The number of hydrogen-bond acceptors (Lipinski definition) is 4. The van der Waals surface area contributed by atoms with Gasteiger partial charge in [0.25, 0.3) is 0 Å². The monoisotopic (exact) mass is 499 g/mol. The van der Waals surface area contributed by atoms with Crippen LogP contribution in [0.3, 0.4) is 0 Å². The summed E-state index contributed by atoms with van der Waals surface area (Å²) in [7, 11) is -3.98. The van der Waals surface area contributed by atoms with Crippen LogP contribution in [-0.2, 0) is 21.4 Å². The number of nitrogens with zero attached hydrogens (tertiary/aromatic N) is 1. The lowest BCUT2D eigenvalue weighted by Crippen LogP contribution is -2.35. The van der Waals surface area contributed by atoms with Gasteiger partial charge in [-0.2, -0.15) is 0 Å². The van der Waals surface area contributed by atoms with Crippen molar-refractivity contribution in [2.75, 3.05) is 13.1 Å². The third kappa shape index (κ3) is 5.30. The van der Waals surface area contributed by atoms with E-state index in [9.17, 15) is 18.3 Å². The number of para-hydroxylation sites is 1. The van der Waals surface area contributed by atoms with Crippen molar-refractivity contribution in [2.45, 2.75) is 17.9 Å². The van der Waals surface area contributed by atoms with E-state index in [1.165, 1.54) is 6.07 Å². The summed E-state index contributed by atoms with van der Waals surface area (Å²) >= 11 is 8.91. The zero-order chi connectivity index (χ0) is 21.0. The van der Waals surface area contributed by atoms with Gasteiger partial charge >= 0.3 is 0 Å². The molecule has 1 amide bonds. The molecular weight excluding hydrogens is 482 g/mol. The Bertz CT molecular complexity index is 1150. The van der Waals surface area contributed by atoms with Crippen molar-refractivity contribution in [1.82, 2.24) is 14.6 Å². The minimum Gasteiger partial charge on any atom is -0.505 e. The second-order valence-corrected chi connectivity index (χ2v) is 9.33. The van der Waals surface area contributed by atoms with Gasteiger partial charge in [-0.15, -0.1) is 0 Å². The fraction of sp³-hybridized carbons (Fsp3) is 0.211. The Kier molecular flexibility index (Phi) is 6.84. The number of rotatable bonds is 8. The van der Waals surface area contributed by atoms with Gasteiger partial charge in [0.15, 0.2) is 0 Å². The maximum Gasteiger partial charge on any atom is 0.244 e. The van der Waals surface area contributed by atoms with Crippen molar-refractivity contribution < 1.29 is 18.3 Å². The van der Waals surface area contributed by atoms with E-state index in [-0.39, 0.29) is 39.8 Å². The predicted octanol–water partition coefficient (Wildman–Crippen LogP) is 3.25. The van der Waals surface area contributed by atoms with Gasteiger partial charge in [-0.05, 0) is 45.6 Å². The maximum absolute atomic E-state index is 12.3. The number of carbonyl (C=O) groups excluding carboxylic acids is 1. The van der Waals surface area contributed by atoms with Crippen molar-refractivity contribution in [3.8, 4) is 5.75 Å². The number of benzene rings is 2. The van der Waals surface area contributed by atoms with Crippen molar-refractivity contribution >= 4 is 54.4 Å². The molecule has 0 aliphatic carbocycles. The number of sulfonamides is 1. The van der Waals surface area contributed by atoms with Gasteiger partial charge in [0, 0.05) is 42.8 Å². The average molecular weight is 501 g/mol. The summed E-state index contributed by atoms with van der Waals surface area (Å²) in [5.74, 6) is -0.611. The molecule has 154 valence electrons. The van der Waals surface area contributed by atoms with Crippen LogP contribution in [0.25, 0.3) is 10.9 Å². The number of phenolic OH excluding ortho intramolecular Hbond substituents is 1. The van der Waals surface area contributed by atoms with E-state index in [1.807, 2.05) is 41.1 Å². The third-order valence-electron chi connectivity index (χ3n) is 4.28. The normalized spacial score (nSPS) is 11.7. The molecule has 0 fully saturated rings. The van der Waals surface area contributed by atoms with Gasteiger partial charge in [0.1, 0.15) is 10.6 Å². The lowest BCUT2D eigenvalue weighted by atomic mass is 10.2. The highest BCUT2D eigenvalue weighted by atomic mass is 79.9. The number of carbonyl (C=O) groups is 1. The quantitative estimate of drug-likeness (QED) is 0.413. The molecule has 0 saturated heterocycles. The fourth-order valence-corrected chi connectivity index (χ4v) is 5.04. The Morgan fingerprint density at radius 1 is 1.17 bits per heavy atom. The molecule has 1 heterocycles. The SMILES string of the molecule is O=C(CCn1ccc2ccccc21)NCCNS(=O)(=O)c1cc(Cl)cc(Br)c1O. The van der Waals surface area contributed by atoms with Crippen molar-refractivity contribution in [1.29, 1.82) is 0 Å². The first-order chi connectivity index (χ1) is 13.8. The summed E-state index contributed by atoms with van der Waals surface area (Å²) in [4.78, 5) is 11.7. The van der Waals surface area contributed by atoms with E-state index in [1.54, 1.807) is 0 Å². The summed E-state index contributed by atoms with van der Waals surface area (Å²) in [6.45, 7) is 0.618.